The molecule has 1 atom stereocenters. The lowest BCUT2D eigenvalue weighted by Gasteiger charge is -2.25. The smallest absolute Gasteiger partial charge is 0.258 e. The number of nitrogens with zero attached hydrogens (tertiary/aromatic N) is 3. The first-order valence-corrected chi connectivity index (χ1v) is 13.6. The lowest BCUT2D eigenvalue weighted by molar-refractivity contribution is -0.131. The lowest BCUT2D eigenvalue weighted by Crippen LogP contribution is -2.43. The summed E-state index contributed by atoms with van der Waals surface area (Å²) < 4.78 is 49.0. The van der Waals surface area contributed by atoms with E-state index in [2.05, 4.69) is 0 Å². The predicted molar refractivity (Wildman–Crippen MR) is 140 cm³/mol. The summed E-state index contributed by atoms with van der Waals surface area (Å²) in [5, 5.41) is 9.33. The first-order valence-electron chi connectivity index (χ1n) is 12.2. The van der Waals surface area contributed by atoms with Gasteiger partial charge in [0.1, 0.15) is 16.7 Å². The lowest BCUT2D eigenvalue weighted by atomic mass is 10.3. The van der Waals surface area contributed by atoms with Gasteiger partial charge in [0.15, 0.2) is 17.4 Å². The van der Waals surface area contributed by atoms with Crippen molar-refractivity contribution in [1.29, 1.82) is 0 Å². The van der Waals surface area contributed by atoms with E-state index in [-0.39, 0.29) is 36.2 Å². The SMILES string of the molecule is CC.CN(CCN(CC(=O)NO)S(=O)c1cc(F)c(Oc2ccc(Cl)cc2)c(F)c1)CC(=O)N1CCCC1. The van der Waals surface area contributed by atoms with Crippen LogP contribution in [0.2, 0.25) is 5.02 Å². The molecule has 1 aliphatic rings. The van der Waals surface area contributed by atoms with Gasteiger partial charge in [-0.1, -0.05) is 25.4 Å². The molecule has 1 heterocycles. The molecule has 0 radical (unpaired) electrons. The molecule has 13 heteroatoms. The fraction of sp³-hybridized carbons (Fsp3) is 0.440. The van der Waals surface area contributed by atoms with E-state index in [0.717, 1.165) is 29.3 Å². The molecule has 2 amide bonds. The third kappa shape index (κ3) is 9.28. The quantitative estimate of drug-likeness (QED) is 0.312. The summed E-state index contributed by atoms with van der Waals surface area (Å²) in [6.07, 6.45) is 1.93. The normalized spacial score (nSPS) is 13.8. The number of likely N-dealkylation sites (N-methyl/N-ethyl adjacent to an activating group) is 1. The average Bonchev–Trinajstić information content (AvgIpc) is 3.45. The number of hydrogen-bond donors (Lipinski definition) is 2. The van der Waals surface area contributed by atoms with Crippen LogP contribution in [0.3, 0.4) is 0 Å². The predicted octanol–water partition coefficient (Wildman–Crippen LogP) is 3.82. The monoisotopic (exact) mass is 574 g/mol. The fourth-order valence-electron chi connectivity index (χ4n) is 3.58. The minimum atomic E-state index is -2.17. The molecule has 1 aliphatic heterocycles. The van der Waals surface area contributed by atoms with Crippen molar-refractivity contribution in [3.8, 4) is 11.5 Å². The number of benzene rings is 2. The highest BCUT2D eigenvalue weighted by molar-refractivity contribution is 7.82. The molecule has 0 saturated carbocycles. The van der Waals surface area contributed by atoms with Gasteiger partial charge in [-0.15, -0.1) is 0 Å². The summed E-state index contributed by atoms with van der Waals surface area (Å²) in [6.45, 7) is 5.29. The number of rotatable bonds is 11. The van der Waals surface area contributed by atoms with Crippen molar-refractivity contribution in [2.45, 2.75) is 31.6 Å². The number of ether oxygens (including phenoxy) is 1. The van der Waals surface area contributed by atoms with E-state index in [0.29, 0.717) is 18.1 Å². The molecule has 2 aromatic carbocycles. The Morgan fingerprint density at radius 1 is 1.08 bits per heavy atom. The molecule has 1 unspecified atom stereocenters. The first-order chi connectivity index (χ1) is 18.2. The Hall–Kier alpha value is -2.64. The highest BCUT2D eigenvalue weighted by Crippen LogP contribution is 2.30. The third-order valence-electron chi connectivity index (χ3n) is 5.48. The molecule has 210 valence electrons. The molecule has 38 heavy (non-hydrogen) atoms. The number of amides is 2. The van der Waals surface area contributed by atoms with Gasteiger partial charge in [0.2, 0.25) is 5.91 Å². The molecule has 0 aromatic heterocycles. The molecule has 1 fully saturated rings. The molecule has 2 aromatic rings. The van der Waals surface area contributed by atoms with E-state index in [4.69, 9.17) is 21.5 Å². The van der Waals surface area contributed by atoms with Crippen LogP contribution >= 0.6 is 11.6 Å². The summed E-state index contributed by atoms with van der Waals surface area (Å²) in [5.41, 5.74) is 1.45. The number of halogens is 3. The molecule has 1 saturated heterocycles. The van der Waals surface area contributed by atoms with Gasteiger partial charge in [-0.05, 0) is 56.3 Å². The fourth-order valence-corrected chi connectivity index (χ4v) is 4.89. The Labute approximate surface area is 228 Å². The van der Waals surface area contributed by atoms with Crippen molar-refractivity contribution < 1.29 is 32.5 Å². The van der Waals surface area contributed by atoms with E-state index in [1.807, 2.05) is 13.8 Å². The van der Waals surface area contributed by atoms with Gasteiger partial charge in [0.25, 0.3) is 5.91 Å². The maximum Gasteiger partial charge on any atom is 0.258 e. The van der Waals surface area contributed by atoms with Crippen LogP contribution in [0, 0.1) is 11.6 Å². The van der Waals surface area contributed by atoms with Crippen LogP contribution in [-0.2, 0) is 20.6 Å². The van der Waals surface area contributed by atoms with Crippen LogP contribution in [0.25, 0.3) is 0 Å². The number of likely N-dealkylation sites (tertiary alicyclic amines) is 1. The average molecular weight is 575 g/mol. The number of nitrogens with one attached hydrogen (secondary N) is 1. The van der Waals surface area contributed by atoms with Crippen molar-refractivity contribution in [2.24, 2.45) is 0 Å². The topological polar surface area (TPSA) is 102 Å². The number of hydrogen-bond acceptors (Lipinski definition) is 6. The first kappa shape index (κ1) is 31.6. The maximum atomic E-state index is 14.7. The second-order valence-electron chi connectivity index (χ2n) is 8.25. The van der Waals surface area contributed by atoms with Gasteiger partial charge in [-0.3, -0.25) is 19.7 Å². The Morgan fingerprint density at radius 3 is 2.21 bits per heavy atom. The highest BCUT2D eigenvalue weighted by atomic mass is 35.5. The molecule has 0 spiro atoms. The second kappa shape index (κ2) is 15.7. The van der Waals surface area contributed by atoms with Crippen molar-refractivity contribution >= 4 is 34.4 Å². The van der Waals surface area contributed by atoms with E-state index < -0.39 is 40.8 Å². The van der Waals surface area contributed by atoms with E-state index in [9.17, 15) is 22.6 Å². The number of carbonyl (C=O) groups is 2. The van der Waals surface area contributed by atoms with Crippen molar-refractivity contribution in [2.75, 3.05) is 46.3 Å². The summed E-state index contributed by atoms with van der Waals surface area (Å²) in [4.78, 5) is 27.4. The minimum absolute atomic E-state index is 0.01000. The second-order valence-corrected chi connectivity index (χ2v) is 10.2. The van der Waals surface area contributed by atoms with Crippen LogP contribution in [-0.4, -0.2) is 81.7 Å². The highest BCUT2D eigenvalue weighted by Gasteiger charge is 2.24. The Balaban J connectivity index is 0.00000247. The number of carbonyl (C=O) groups excluding carboxylic acids is 2. The van der Waals surface area contributed by atoms with Crippen LogP contribution < -0.4 is 10.2 Å². The zero-order valence-electron chi connectivity index (χ0n) is 21.6. The van der Waals surface area contributed by atoms with E-state index >= 15 is 0 Å². The van der Waals surface area contributed by atoms with Gasteiger partial charge in [-0.2, -0.15) is 0 Å². The number of hydroxylamine groups is 1. The van der Waals surface area contributed by atoms with Crippen molar-refractivity contribution in [1.82, 2.24) is 19.6 Å². The third-order valence-corrected chi connectivity index (χ3v) is 7.15. The molecule has 0 aliphatic carbocycles. The summed E-state index contributed by atoms with van der Waals surface area (Å²) in [6, 6.07) is 7.58. The Bertz CT molecular complexity index is 1080. The zero-order chi connectivity index (χ0) is 28.2. The van der Waals surface area contributed by atoms with Crippen molar-refractivity contribution in [3.05, 3.63) is 53.1 Å². The maximum absolute atomic E-state index is 14.7. The molecule has 2 N–H and O–H groups in total. The zero-order valence-corrected chi connectivity index (χ0v) is 23.2. The summed E-state index contributed by atoms with van der Waals surface area (Å²) in [5.74, 6) is -3.60. The van der Waals surface area contributed by atoms with Gasteiger partial charge in [-0.25, -0.2) is 22.8 Å². The summed E-state index contributed by atoms with van der Waals surface area (Å²) in [7, 11) is -0.469. The van der Waals surface area contributed by atoms with Crippen LogP contribution in [0.1, 0.15) is 26.7 Å². The molecule has 9 nitrogen and oxygen atoms in total. The minimum Gasteiger partial charge on any atom is -0.451 e. The Kier molecular flexibility index (Phi) is 13.0. The summed E-state index contributed by atoms with van der Waals surface area (Å²) >= 11 is 5.80. The van der Waals surface area contributed by atoms with Gasteiger partial charge in [0.05, 0.1) is 18.0 Å². The molecular weight excluding hydrogens is 542 g/mol. The molecular formula is C25H33ClF2N4O5S. The largest absolute Gasteiger partial charge is 0.451 e. The molecule has 0 bridgehead atoms. The van der Waals surface area contributed by atoms with Crippen molar-refractivity contribution in [3.63, 3.8) is 0 Å². The van der Waals surface area contributed by atoms with Gasteiger partial charge >= 0.3 is 0 Å². The van der Waals surface area contributed by atoms with Crippen LogP contribution in [0.5, 0.6) is 11.5 Å². The van der Waals surface area contributed by atoms with Crippen LogP contribution in [0.4, 0.5) is 8.78 Å². The van der Waals surface area contributed by atoms with E-state index in [1.165, 1.54) is 29.7 Å². The Morgan fingerprint density at radius 2 is 1.66 bits per heavy atom. The van der Waals surface area contributed by atoms with Crippen LogP contribution in [0.15, 0.2) is 41.3 Å². The van der Waals surface area contributed by atoms with Gasteiger partial charge in [0, 0.05) is 31.2 Å². The van der Waals surface area contributed by atoms with E-state index in [1.54, 1.807) is 16.8 Å². The van der Waals surface area contributed by atoms with Gasteiger partial charge < -0.3 is 9.64 Å². The molecule has 3 rings (SSSR count). The standard InChI is InChI=1S/C23H27ClF2N4O5S.C2H6/c1-28(15-22(32)29-8-2-3-9-29)10-11-30(14-21(31)27-33)36(34)18-12-19(25)23(20(26)13-18)35-17-6-4-16(24)5-7-17;1-2/h4-7,12-13,33H,2-3,8-11,14-15H2,1H3,(H,27,31);1-2H3.